The van der Waals surface area contributed by atoms with Crippen molar-refractivity contribution >= 4 is 10.1 Å². The Morgan fingerprint density at radius 3 is 1.92 bits per heavy atom. The minimum atomic E-state index is -4.32. The van der Waals surface area contributed by atoms with Crippen molar-refractivity contribution in [3.8, 4) is 5.75 Å². The van der Waals surface area contributed by atoms with Gasteiger partial charge in [0.1, 0.15) is 0 Å². The first-order valence-corrected chi connectivity index (χ1v) is 10.2. The molecule has 0 amide bonds. The summed E-state index contributed by atoms with van der Waals surface area (Å²) in [5.74, 6) is -0.309. The first-order valence-electron chi connectivity index (χ1n) is 8.73. The fourth-order valence-corrected chi connectivity index (χ4v) is 3.59. The minimum absolute atomic E-state index is 0. The molecule has 132 valence electrons. The smallest absolute Gasteiger partial charge is 0.872 e. The molecule has 1 aromatic rings. The summed E-state index contributed by atoms with van der Waals surface area (Å²) in [5, 5.41) is 11.8. The van der Waals surface area contributed by atoms with Crippen molar-refractivity contribution in [1.29, 1.82) is 0 Å². The Morgan fingerprint density at radius 2 is 1.42 bits per heavy atom. The second-order valence-corrected chi connectivity index (χ2v) is 7.53. The molecule has 0 bridgehead atoms. The van der Waals surface area contributed by atoms with Crippen LogP contribution in [0, 0.1) is 0 Å². The standard InChI is InChI=1S/C18H30O4S.Na/c1-2-3-4-5-6-7-8-9-10-11-13-16-17(19)14-12-15-18(16)23(20,21)22;/h12,14-15,19H,2-11,13H2,1H3,(H,20,21,22);/q;+1/p-1. The van der Waals surface area contributed by atoms with Gasteiger partial charge in [-0.25, -0.2) is 0 Å². The summed E-state index contributed by atoms with van der Waals surface area (Å²) in [5.41, 5.74) is 0.217. The van der Waals surface area contributed by atoms with Crippen LogP contribution in [-0.4, -0.2) is 13.0 Å². The predicted octanol–water partition coefficient (Wildman–Crippen LogP) is 1.47. The molecule has 0 heterocycles. The van der Waals surface area contributed by atoms with Gasteiger partial charge in [-0.3, -0.25) is 4.55 Å². The van der Waals surface area contributed by atoms with E-state index in [4.69, 9.17) is 0 Å². The zero-order chi connectivity index (χ0) is 17.1. The second-order valence-electron chi connectivity index (χ2n) is 6.14. The van der Waals surface area contributed by atoms with E-state index in [0.717, 1.165) is 19.3 Å². The fourth-order valence-electron chi connectivity index (χ4n) is 2.82. The van der Waals surface area contributed by atoms with Crippen molar-refractivity contribution in [2.75, 3.05) is 0 Å². The summed E-state index contributed by atoms with van der Waals surface area (Å²) in [7, 11) is -4.32. The van der Waals surface area contributed by atoms with Gasteiger partial charge >= 0.3 is 29.6 Å². The third kappa shape index (κ3) is 9.42. The number of benzene rings is 1. The molecular formula is C18H29NaO4S. The molecule has 0 radical (unpaired) electrons. The summed E-state index contributed by atoms with van der Waals surface area (Å²) >= 11 is 0. The monoisotopic (exact) mass is 364 g/mol. The molecule has 0 unspecified atom stereocenters. The minimum Gasteiger partial charge on any atom is -0.872 e. The molecule has 1 N–H and O–H groups in total. The summed E-state index contributed by atoms with van der Waals surface area (Å²) in [6.45, 7) is 2.22. The largest absolute Gasteiger partial charge is 1.00 e. The SMILES string of the molecule is CCCCCCCCCCCCc1c([O-])cccc1S(=O)(=O)O.[Na+]. The van der Waals surface area contributed by atoms with Crippen molar-refractivity contribution in [2.45, 2.75) is 82.4 Å². The van der Waals surface area contributed by atoms with Crippen LogP contribution in [0.4, 0.5) is 0 Å². The van der Waals surface area contributed by atoms with Crippen LogP contribution in [0.2, 0.25) is 0 Å². The summed E-state index contributed by atoms with van der Waals surface area (Å²) in [6.07, 6.45) is 12.2. The Balaban J connectivity index is 0.00000529. The van der Waals surface area contributed by atoms with Crippen molar-refractivity contribution < 1.29 is 47.6 Å². The van der Waals surface area contributed by atoms with Crippen LogP contribution >= 0.6 is 0 Å². The van der Waals surface area contributed by atoms with E-state index in [2.05, 4.69) is 6.92 Å². The molecule has 1 aromatic carbocycles. The third-order valence-electron chi connectivity index (χ3n) is 4.15. The van der Waals surface area contributed by atoms with Gasteiger partial charge in [-0.05, 0) is 24.5 Å². The summed E-state index contributed by atoms with van der Waals surface area (Å²) in [6, 6.07) is 4.01. The van der Waals surface area contributed by atoms with Gasteiger partial charge in [0.2, 0.25) is 0 Å². The van der Waals surface area contributed by atoms with E-state index >= 15 is 0 Å². The van der Waals surface area contributed by atoms with Crippen LogP contribution < -0.4 is 34.7 Å². The van der Waals surface area contributed by atoms with Gasteiger partial charge in [0.15, 0.2) is 0 Å². The Kier molecular flexibility index (Phi) is 13.1. The van der Waals surface area contributed by atoms with E-state index in [1.807, 2.05) is 0 Å². The van der Waals surface area contributed by atoms with Crippen LogP contribution in [0.1, 0.15) is 76.7 Å². The average molecular weight is 364 g/mol. The van der Waals surface area contributed by atoms with Gasteiger partial charge in [0.05, 0.1) is 4.90 Å². The topological polar surface area (TPSA) is 77.4 Å². The van der Waals surface area contributed by atoms with E-state index in [1.54, 1.807) is 0 Å². The first kappa shape index (κ1) is 23.9. The van der Waals surface area contributed by atoms with Crippen LogP contribution in [0.5, 0.6) is 5.75 Å². The first-order chi connectivity index (χ1) is 11.0. The van der Waals surface area contributed by atoms with Gasteiger partial charge in [0, 0.05) is 0 Å². The zero-order valence-corrected chi connectivity index (χ0v) is 17.9. The molecule has 1 rings (SSSR count). The van der Waals surface area contributed by atoms with Gasteiger partial charge in [-0.2, -0.15) is 8.42 Å². The van der Waals surface area contributed by atoms with Gasteiger partial charge in [0.25, 0.3) is 10.1 Å². The number of hydrogen-bond acceptors (Lipinski definition) is 3. The van der Waals surface area contributed by atoms with Crippen LogP contribution in [0.25, 0.3) is 0 Å². The Bertz CT molecular complexity index is 558. The van der Waals surface area contributed by atoms with Crippen LogP contribution in [0.15, 0.2) is 23.1 Å². The third-order valence-corrected chi connectivity index (χ3v) is 5.09. The van der Waals surface area contributed by atoms with Crippen molar-refractivity contribution in [3.63, 3.8) is 0 Å². The molecule has 0 aliphatic carbocycles. The van der Waals surface area contributed by atoms with Crippen molar-refractivity contribution in [2.24, 2.45) is 0 Å². The van der Waals surface area contributed by atoms with Crippen LogP contribution in [0.3, 0.4) is 0 Å². The molecule has 0 fully saturated rings. The molecule has 0 aliphatic heterocycles. The second kappa shape index (κ2) is 13.2. The summed E-state index contributed by atoms with van der Waals surface area (Å²) in [4.78, 5) is -0.235. The number of rotatable bonds is 12. The quantitative estimate of drug-likeness (QED) is 0.346. The number of hydrogen-bond donors (Lipinski definition) is 1. The summed E-state index contributed by atoms with van der Waals surface area (Å²) < 4.78 is 31.8. The maximum Gasteiger partial charge on any atom is 1.00 e. The van der Waals surface area contributed by atoms with Gasteiger partial charge in [-0.15, -0.1) is 5.75 Å². The molecule has 24 heavy (non-hydrogen) atoms. The van der Waals surface area contributed by atoms with E-state index in [0.29, 0.717) is 6.42 Å². The molecule has 0 aromatic heterocycles. The normalized spacial score (nSPS) is 11.2. The van der Waals surface area contributed by atoms with E-state index < -0.39 is 10.1 Å². The van der Waals surface area contributed by atoms with Gasteiger partial charge < -0.3 is 5.11 Å². The molecule has 0 saturated carbocycles. The maximum absolute atomic E-state index is 11.8. The van der Waals surface area contributed by atoms with E-state index in [9.17, 15) is 18.1 Å². The Hall–Kier alpha value is -0.0700. The maximum atomic E-state index is 11.8. The van der Waals surface area contributed by atoms with E-state index in [1.165, 1.54) is 63.1 Å². The molecule has 6 heteroatoms. The molecule has 4 nitrogen and oxygen atoms in total. The molecule has 0 atom stereocenters. The average Bonchev–Trinajstić information content (AvgIpc) is 2.49. The fraction of sp³-hybridized carbons (Fsp3) is 0.667. The molecule has 0 saturated heterocycles. The zero-order valence-electron chi connectivity index (χ0n) is 15.1. The number of unbranched alkanes of at least 4 members (excludes halogenated alkanes) is 9. The Labute approximate surface area is 169 Å². The van der Waals surface area contributed by atoms with Crippen LogP contribution in [-0.2, 0) is 16.5 Å². The van der Waals surface area contributed by atoms with E-state index in [-0.39, 0.29) is 45.8 Å². The van der Waals surface area contributed by atoms with Crippen molar-refractivity contribution in [3.05, 3.63) is 23.8 Å². The molecule has 0 aliphatic rings. The molecule has 0 spiro atoms. The molecular weight excluding hydrogens is 335 g/mol. The van der Waals surface area contributed by atoms with Gasteiger partial charge in [-0.1, -0.05) is 76.8 Å². The Morgan fingerprint density at radius 1 is 0.917 bits per heavy atom. The predicted molar refractivity (Wildman–Crippen MR) is 91.3 cm³/mol. The van der Waals surface area contributed by atoms with Crippen molar-refractivity contribution in [1.82, 2.24) is 0 Å².